The lowest BCUT2D eigenvalue weighted by atomic mass is 10.4. The molecule has 5 heteroatoms. The number of anilines is 1. The number of aromatic amines is 1. The highest BCUT2D eigenvalue weighted by atomic mass is 16.1. The molecule has 1 aliphatic heterocycles. The Labute approximate surface area is 88.5 Å². The third-order valence-electron chi connectivity index (χ3n) is 2.51. The van der Waals surface area contributed by atoms with Gasteiger partial charge in [-0.15, -0.1) is 0 Å². The predicted molar refractivity (Wildman–Crippen MR) is 59.3 cm³/mol. The number of H-pyrrole nitrogens is 1. The molecule has 0 aromatic carbocycles. The Hall–Kier alpha value is -1.36. The summed E-state index contributed by atoms with van der Waals surface area (Å²) in [6, 6.07) is 1.57. The van der Waals surface area contributed by atoms with Gasteiger partial charge in [0.2, 0.25) is 0 Å². The fourth-order valence-electron chi connectivity index (χ4n) is 1.80. The van der Waals surface area contributed by atoms with Gasteiger partial charge in [-0.25, -0.2) is 4.98 Å². The first kappa shape index (κ1) is 10.2. The zero-order chi connectivity index (χ0) is 10.7. The van der Waals surface area contributed by atoms with Gasteiger partial charge < -0.3 is 15.2 Å². The molecule has 1 saturated heterocycles. The third-order valence-corrected chi connectivity index (χ3v) is 2.51. The molecule has 2 rings (SSSR count). The molecular formula is C10H16N4O. The molecule has 15 heavy (non-hydrogen) atoms. The van der Waals surface area contributed by atoms with E-state index in [1.807, 2.05) is 0 Å². The van der Waals surface area contributed by atoms with E-state index < -0.39 is 0 Å². The molecule has 0 amide bonds. The highest BCUT2D eigenvalue weighted by Gasteiger charge is 2.11. The zero-order valence-electron chi connectivity index (χ0n) is 8.92. The number of hydrogen-bond acceptors (Lipinski definition) is 4. The molecule has 2 N–H and O–H groups in total. The van der Waals surface area contributed by atoms with E-state index in [1.54, 1.807) is 13.0 Å². The predicted octanol–water partition coefficient (Wildman–Crippen LogP) is -0.122. The zero-order valence-corrected chi connectivity index (χ0v) is 8.92. The molecule has 1 fully saturated rings. The molecule has 0 radical (unpaired) electrons. The summed E-state index contributed by atoms with van der Waals surface area (Å²) in [6.07, 6.45) is 1.09. The van der Waals surface area contributed by atoms with Crippen LogP contribution in [0.2, 0.25) is 0 Å². The van der Waals surface area contributed by atoms with Gasteiger partial charge in [-0.05, 0) is 19.9 Å². The van der Waals surface area contributed by atoms with Crippen molar-refractivity contribution >= 4 is 5.82 Å². The lowest BCUT2D eigenvalue weighted by Gasteiger charge is -2.20. The number of aryl methyl sites for hydroxylation is 1. The minimum atomic E-state index is -0.0743. The molecule has 82 valence electrons. The smallest absolute Gasteiger partial charge is 0.252 e. The molecule has 5 nitrogen and oxygen atoms in total. The molecule has 0 aliphatic carbocycles. The van der Waals surface area contributed by atoms with Crippen molar-refractivity contribution in [1.82, 2.24) is 15.3 Å². The van der Waals surface area contributed by atoms with E-state index in [0.717, 1.165) is 38.4 Å². The second kappa shape index (κ2) is 4.44. The molecule has 2 heterocycles. The number of aromatic nitrogens is 2. The van der Waals surface area contributed by atoms with Gasteiger partial charge in [-0.1, -0.05) is 0 Å². The van der Waals surface area contributed by atoms with Gasteiger partial charge >= 0.3 is 0 Å². The van der Waals surface area contributed by atoms with Gasteiger partial charge in [-0.2, -0.15) is 0 Å². The monoisotopic (exact) mass is 208 g/mol. The maximum absolute atomic E-state index is 11.3. The maximum Gasteiger partial charge on any atom is 0.252 e. The van der Waals surface area contributed by atoms with Crippen LogP contribution in [0, 0.1) is 6.92 Å². The summed E-state index contributed by atoms with van der Waals surface area (Å²) in [5, 5.41) is 3.32. The molecule has 0 spiro atoms. The van der Waals surface area contributed by atoms with E-state index in [0.29, 0.717) is 5.82 Å². The van der Waals surface area contributed by atoms with Crippen LogP contribution >= 0.6 is 0 Å². The summed E-state index contributed by atoms with van der Waals surface area (Å²) in [7, 11) is 0. The Balaban J connectivity index is 2.23. The quantitative estimate of drug-likeness (QED) is 0.675. The maximum atomic E-state index is 11.3. The first-order valence-corrected chi connectivity index (χ1v) is 5.29. The van der Waals surface area contributed by atoms with E-state index in [2.05, 4.69) is 20.2 Å². The van der Waals surface area contributed by atoms with Crippen LogP contribution in [0.5, 0.6) is 0 Å². The van der Waals surface area contributed by atoms with Gasteiger partial charge in [0.15, 0.2) is 0 Å². The van der Waals surface area contributed by atoms with Crippen LogP contribution in [-0.4, -0.2) is 36.1 Å². The summed E-state index contributed by atoms with van der Waals surface area (Å²) in [6.45, 7) is 5.67. The summed E-state index contributed by atoms with van der Waals surface area (Å²) in [5.41, 5.74) is -0.0743. The molecule has 1 aromatic heterocycles. The minimum absolute atomic E-state index is 0.0743. The Morgan fingerprint density at radius 1 is 1.40 bits per heavy atom. The topological polar surface area (TPSA) is 61.0 Å². The van der Waals surface area contributed by atoms with E-state index >= 15 is 0 Å². The molecule has 0 unspecified atom stereocenters. The number of rotatable bonds is 1. The second-order valence-corrected chi connectivity index (χ2v) is 3.78. The number of nitrogens with one attached hydrogen (secondary N) is 2. The van der Waals surface area contributed by atoms with Crippen LogP contribution in [0.1, 0.15) is 12.2 Å². The Morgan fingerprint density at radius 2 is 2.27 bits per heavy atom. The van der Waals surface area contributed by atoms with Crippen molar-refractivity contribution in [3.8, 4) is 0 Å². The van der Waals surface area contributed by atoms with Crippen LogP contribution in [0.4, 0.5) is 5.82 Å². The lowest BCUT2D eigenvalue weighted by Crippen LogP contribution is -2.30. The van der Waals surface area contributed by atoms with E-state index in [1.165, 1.54) is 0 Å². The average Bonchev–Trinajstić information content (AvgIpc) is 2.43. The number of nitrogens with zero attached hydrogens (tertiary/aromatic N) is 2. The van der Waals surface area contributed by atoms with Gasteiger partial charge in [0.1, 0.15) is 11.6 Å². The third kappa shape index (κ3) is 2.56. The van der Waals surface area contributed by atoms with Crippen LogP contribution < -0.4 is 15.8 Å². The van der Waals surface area contributed by atoms with Crippen molar-refractivity contribution in [2.45, 2.75) is 13.3 Å². The standard InChI is InChI=1S/C10H16N4O/c1-8-12-9(7-10(15)13-8)14-5-2-3-11-4-6-14/h7,11H,2-6H2,1H3,(H,12,13,15). The van der Waals surface area contributed by atoms with Gasteiger partial charge in [0.25, 0.3) is 5.56 Å². The average molecular weight is 208 g/mol. The largest absolute Gasteiger partial charge is 0.355 e. The van der Waals surface area contributed by atoms with Crippen LogP contribution in [0.25, 0.3) is 0 Å². The normalized spacial score (nSPS) is 17.5. The first-order chi connectivity index (χ1) is 7.25. The van der Waals surface area contributed by atoms with Gasteiger partial charge in [-0.3, -0.25) is 4.79 Å². The first-order valence-electron chi connectivity index (χ1n) is 5.29. The van der Waals surface area contributed by atoms with Gasteiger partial charge in [0.05, 0.1) is 0 Å². The summed E-state index contributed by atoms with van der Waals surface area (Å²) >= 11 is 0. The second-order valence-electron chi connectivity index (χ2n) is 3.78. The summed E-state index contributed by atoms with van der Waals surface area (Å²) in [5.74, 6) is 1.47. The minimum Gasteiger partial charge on any atom is -0.355 e. The van der Waals surface area contributed by atoms with E-state index in [4.69, 9.17) is 0 Å². The fraction of sp³-hybridized carbons (Fsp3) is 0.600. The van der Waals surface area contributed by atoms with Gasteiger partial charge in [0, 0.05) is 25.7 Å². The Morgan fingerprint density at radius 3 is 3.07 bits per heavy atom. The molecule has 0 bridgehead atoms. The Kier molecular flexibility index (Phi) is 3.01. The molecule has 0 saturated carbocycles. The summed E-state index contributed by atoms with van der Waals surface area (Å²) < 4.78 is 0. The van der Waals surface area contributed by atoms with E-state index in [-0.39, 0.29) is 5.56 Å². The molecular weight excluding hydrogens is 192 g/mol. The lowest BCUT2D eigenvalue weighted by molar-refractivity contribution is 0.724. The van der Waals surface area contributed by atoms with Crippen molar-refractivity contribution in [2.75, 3.05) is 31.1 Å². The van der Waals surface area contributed by atoms with Crippen molar-refractivity contribution in [3.05, 3.63) is 22.2 Å². The Bertz CT molecular complexity index is 379. The van der Waals surface area contributed by atoms with Crippen LogP contribution in [0.15, 0.2) is 10.9 Å². The SMILES string of the molecule is Cc1nc(N2CCCNCC2)cc(=O)[nH]1. The van der Waals surface area contributed by atoms with Crippen LogP contribution in [0.3, 0.4) is 0 Å². The van der Waals surface area contributed by atoms with Crippen molar-refractivity contribution < 1.29 is 0 Å². The van der Waals surface area contributed by atoms with Crippen molar-refractivity contribution in [2.24, 2.45) is 0 Å². The molecule has 0 atom stereocenters. The molecule has 1 aromatic rings. The van der Waals surface area contributed by atoms with Crippen molar-refractivity contribution in [1.29, 1.82) is 0 Å². The van der Waals surface area contributed by atoms with E-state index in [9.17, 15) is 4.79 Å². The number of hydrogen-bond donors (Lipinski definition) is 2. The fourth-order valence-corrected chi connectivity index (χ4v) is 1.80. The summed E-state index contributed by atoms with van der Waals surface area (Å²) in [4.78, 5) is 20.5. The van der Waals surface area contributed by atoms with Crippen molar-refractivity contribution in [3.63, 3.8) is 0 Å². The molecule has 1 aliphatic rings. The van der Waals surface area contributed by atoms with Crippen LogP contribution in [-0.2, 0) is 0 Å². The highest BCUT2D eigenvalue weighted by molar-refractivity contribution is 5.37. The highest BCUT2D eigenvalue weighted by Crippen LogP contribution is 2.08.